The molecule has 2 heterocycles. The summed E-state index contributed by atoms with van der Waals surface area (Å²) in [4.78, 5) is 9.12. The van der Waals surface area contributed by atoms with Crippen LogP contribution >= 0.6 is 24.0 Å². The van der Waals surface area contributed by atoms with Crippen molar-refractivity contribution in [3.63, 3.8) is 0 Å². The molecule has 0 spiro atoms. The molecular formula is C21H32IN5O3. The molecule has 0 bridgehead atoms. The quantitative estimate of drug-likeness (QED) is 0.244. The van der Waals surface area contributed by atoms with E-state index in [0.717, 1.165) is 74.6 Å². The lowest BCUT2D eigenvalue weighted by atomic mass is 10.3. The summed E-state index contributed by atoms with van der Waals surface area (Å²) in [6, 6.07) is 9.67. The maximum Gasteiger partial charge on any atom is 0.193 e. The third-order valence-corrected chi connectivity index (χ3v) is 4.86. The number of guanidine groups is 1. The first kappa shape index (κ1) is 24.3. The van der Waals surface area contributed by atoms with Crippen molar-refractivity contribution in [1.82, 2.24) is 20.3 Å². The second-order valence-corrected chi connectivity index (χ2v) is 7.05. The molecule has 0 radical (unpaired) electrons. The summed E-state index contributed by atoms with van der Waals surface area (Å²) >= 11 is 0. The zero-order valence-electron chi connectivity index (χ0n) is 18.0. The second kappa shape index (κ2) is 12.6. The van der Waals surface area contributed by atoms with Gasteiger partial charge in [0, 0.05) is 58.4 Å². The minimum atomic E-state index is 0. The average Bonchev–Trinajstić information content (AvgIpc) is 3.16. The minimum absolute atomic E-state index is 0. The zero-order valence-corrected chi connectivity index (χ0v) is 20.3. The van der Waals surface area contributed by atoms with Crippen LogP contribution in [0.4, 0.5) is 0 Å². The summed E-state index contributed by atoms with van der Waals surface area (Å²) in [5, 5.41) is 7.53. The van der Waals surface area contributed by atoms with Crippen LogP contribution < -0.4 is 14.8 Å². The number of ether oxygens (including phenoxy) is 2. The highest BCUT2D eigenvalue weighted by Gasteiger charge is 2.20. The van der Waals surface area contributed by atoms with Crippen molar-refractivity contribution < 1.29 is 14.0 Å². The van der Waals surface area contributed by atoms with Gasteiger partial charge in [-0.25, -0.2) is 0 Å². The van der Waals surface area contributed by atoms with Crippen molar-refractivity contribution in [3.8, 4) is 11.5 Å². The van der Waals surface area contributed by atoms with Crippen LogP contribution in [-0.2, 0) is 6.54 Å². The average molecular weight is 529 g/mol. The first-order valence-electron chi connectivity index (χ1n) is 10.0. The van der Waals surface area contributed by atoms with Crippen LogP contribution in [0.3, 0.4) is 0 Å². The maximum absolute atomic E-state index is 5.79. The molecule has 2 aromatic rings. The first-order chi connectivity index (χ1) is 14.2. The molecule has 1 fully saturated rings. The van der Waals surface area contributed by atoms with Gasteiger partial charge in [-0.05, 0) is 25.5 Å². The molecule has 3 rings (SSSR count). The summed E-state index contributed by atoms with van der Waals surface area (Å²) in [6.45, 7) is 8.05. The molecule has 1 aromatic heterocycles. The van der Waals surface area contributed by atoms with Crippen LogP contribution in [-0.4, -0.2) is 74.4 Å². The number of methoxy groups -OCH3 is 1. The Bertz CT molecular complexity index is 790. The van der Waals surface area contributed by atoms with Crippen molar-refractivity contribution >= 4 is 29.9 Å². The number of nitrogens with zero attached hydrogens (tertiary/aromatic N) is 4. The van der Waals surface area contributed by atoms with E-state index in [1.807, 2.05) is 44.3 Å². The van der Waals surface area contributed by atoms with Gasteiger partial charge >= 0.3 is 0 Å². The normalized spacial score (nSPS) is 14.9. The van der Waals surface area contributed by atoms with Crippen LogP contribution in [0, 0.1) is 6.92 Å². The summed E-state index contributed by atoms with van der Waals surface area (Å²) in [5.41, 5.74) is 0.995. The predicted molar refractivity (Wildman–Crippen MR) is 128 cm³/mol. The standard InChI is InChI=1S/C21H31N5O3.HI/c1-17-14-18(24-29-17)16-25-9-11-26(12-10-25)21(22-2)23-8-5-13-28-20-7-4-6-19(15-20)27-3;/h4,6-7,14-15H,5,8-13,16H2,1-3H3,(H,22,23);1H. The Morgan fingerprint density at radius 2 is 1.97 bits per heavy atom. The van der Waals surface area contributed by atoms with E-state index >= 15 is 0 Å². The summed E-state index contributed by atoms with van der Waals surface area (Å²) in [5.74, 6) is 3.44. The lowest BCUT2D eigenvalue weighted by Crippen LogP contribution is -2.52. The third kappa shape index (κ3) is 7.35. The van der Waals surface area contributed by atoms with Crippen LogP contribution in [0.1, 0.15) is 17.9 Å². The molecule has 0 amide bonds. The molecule has 0 saturated carbocycles. The van der Waals surface area contributed by atoms with Crippen LogP contribution in [0.5, 0.6) is 11.5 Å². The number of aliphatic imine (C=N–C) groups is 1. The van der Waals surface area contributed by atoms with E-state index in [4.69, 9.17) is 14.0 Å². The minimum Gasteiger partial charge on any atom is -0.497 e. The fourth-order valence-electron chi connectivity index (χ4n) is 3.32. The van der Waals surface area contributed by atoms with Gasteiger partial charge in [-0.3, -0.25) is 9.89 Å². The number of piperazine rings is 1. The van der Waals surface area contributed by atoms with Gasteiger partial charge in [0.15, 0.2) is 5.96 Å². The predicted octanol–water partition coefficient (Wildman–Crippen LogP) is 2.77. The fourth-order valence-corrected chi connectivity index (χ4v) is 3.32. The molecule has 0 aliphatic carbocycles. The molecular weight excluding hydrogens is 497 g/mol. The number of hydrogen-bond donors (Lipinski definition) is 1. The van der Waals surface area contributed by atoms with Gasteiger partial charge in [-0.1, -0.05) is 11.2 Å². The highest BCUT2D eigenvalue weighted by molar-refractivity contribution is 14.0. The Hall–Kier alpha value is -2.01. The highest BCUT2D eigenvalue weighted by atomic mass is 127. The van der Waals surface area contributed by atoms with Crippen molar-refractivity contribution in [2.24, 2.45) is 4.99 Å². The number of rotatable bonds is 8. The molecule has 0 unspecified atom stereocenters. The summed E-state index contributed by atoms with van der Waals surface area (Å²) < 4.78 is 16.2. The van der Waals surface area contributed by atoms with Crippen molar-refractivity contribution in [3.05, 3.63) is 41.8 Å². The van der Waals surface area contributed by atoms with Gasteiger partial charge in [0.25, 0.3) is 0 Å². The van der Waals surface area contributed by atoms with Crippen molar-refractivity contribution in [1.29, 1.82) is 0 Å². The molecule has 1 aromatic carbocycles. The number of halogens is 1. The zero-order chi connectivity index (χ0) is 20.5. The number of aromatic nitrogens is 1. The Labute approximate surface area is 195 Å². The second-order valence-electron chi connectivity index (χ2n) is 7.05. The van der Waals surface area contributed by atoms with Gasteiger partial charge < -0.3 is 24.2 Å². The molecule has 9 heteroatoms. The SMILES string of the molecule is CN=C(NCCCOc1cccc(OC)c1)N1CCN(Cc2cc(C)on2)CC1.I. The molecule has 30 heavy (non-hydrogen) atoms. The number of benzene rings is 1. The summed E-state index contributed by atoms with van der Waals surface area (Å²) in [7, 11) is 3.49. The topological polar surface area (TPSA) is 75.4 Å². The van der Waals surface area contributed by atoms with Gasteiger partial charge in [-0.15, -0.1) is 24.0 Å². The van der Waals surface area contributed by atoms with E-state index in [-0.39, 0.29) is 24.0 Å². The van der Waals surface area contributed by atoms with E-state index in [0.29, 0.717) is 6.61 Å². The van der Waals surface area contributed by atoms with Gasteiger partial charge in [-0.2, -0.15) is 0 Å². The van der Waals surface area contributed by atoms with Gasteiger partial charge in [0.05, 0.1) is 19.4 Å². The third-order valence-electron chi connectivity index (χ3n) is 4.86. The molecule has 8 nitrogen and oxygen atoms in total. The smallest absolute Gasteiger partial charge is 0.193 e. The van der Waals surface area contributed by atoms with E-state index < -0.39 is 0 Å². The number of nitrogens with one attached hydrogen (secondary N) is 1. The molecule has 1 N–H and O–H groups in total. The lowest BCUT2D eigenvalue weighted by molar-refractivity contribution is 0.169. The van der Waals surface area contributed by atoms with E-state index in [9.17, 15) is 0 Å². The fraction of sp³-hybridized carbons (Fsp3) is 0.524. The Morgan fingerprint density at radius 3 is 2.63 bits per heavy atom. The van der Waals surface area contributed by atoms with Crippen LogP contribution in [0.25, 0.3) is 0 Å². The number of aryl methyl sites for hydroxylation is 1. The van der Waals surface area contributed by atoms with Crippen LogP contribution in [0.15, 0.2) is 39.8 Å². The molecule has 1 aliphatic rings. The molecule has 1 saturated heterocycles. The molecule has 166 valence electrons. The van der Waals surface area contributed by atoms with Crippen LogP contribution in [0.2, 0.25) is 0 Å². The lowest BCUT2D eigenvalue weighted by Gasteiger charge is -2.36. The van der Waals surface area contributed by atoms with E-state index in [1.54, 1.807) is 7.11 Å². The largest absolute Gasteiger partial charge is 0.497 e. The highest BCUT2D eigenvalue weighted by Crippen LogP contribution is 2.18. The Balaban J connectivity index is 0.00000320. The molecule has 1 aliphatic heterocycles. The maximum atomic E-state index is 5.79. The molecule has 0 atom stereocenters. The Kier molecular flexibility index (Phi) is 10.2. The van der Waals surface area contributed by atoms with Gasteiger partial charge in [0.2, 0.25) is 0 Å². The number of hydrogen-bond acceptors (Lipinski definition) is 6. The van der Waals surface area contributed by atoms with E-state index in [2.05, 4.69) is 25.3 Å². The van der Waals surface area contributed by atoms with Crippen molar-refractivity contribution in [2.45, 2.75) is 19.9 Å². The van der Waals surface area contributed by atoms with E-state index in [1.165, 1.54) is 0 Å². The summed E-state index contributed by atoms with van der Waals surface area (Å²) in [6.07, 6.45) is 0.891. The Morgan fingerprint density at radius 1 is 1.20 bits per heavy atom. The monoisotopic (exact) mass is 529 g/mol. The van der Waals surface area contributed by atoms with Gasteiger partial charge in [0.1, 0.15) is 17.3 Å². The first-order valence-corrected chi connectivity index (χ1v) is 10.0. The van der Waals surface area contributed by atoms with Crippen molar-refractivity contribution in [2.75, 3.05) is 53.5 Å².